The van der Waals surface area contributed by atoms with Crippen LogP contribution in [0.15, 0.2) is 52.3 Å². The van der Waals surface area contributed by atoms with Crippen molar-refractivity contribution in [1.29, 1.82) is 0 Å². The van der Waals surface area contributed by atoms with Gasteiger partial charge >= 0.3 is 0 Å². The number of ether oxygens (including phenoxy) is 1. The number of rotatable bonds is 2. The maximum absolute atomic E-state index is 12.9. The standard InChI is InChI=1S/C21H19ClN2O3S/c1-23-17-12-15(20(25)24-8-10-27-11-9-24)6-7-18(17)28-19(21(23)26)13-14-4-2-3-5-16(14)22/h2-7,12-13H,8-11H2,1H3. The number of hydrogen-bond acceptors (Lipinski definition) is 4. The van der Waals surface area contributed by atoms with Crippen molar-refractivity contribution >= 4 is 46.9 Å². The quantitative estimate of drug-likeness (QED) is 0.699. The van der Waals surface area contributed by atoms with Crippen molar-refractivity contribution in [3.8, 4) is 0 Å². The summed E-state index contributed by atoms with van der Waals surface area (Å²) in [4.78, 5) is 30.5. The molecule has 0 N–H and O–H groups in total. The smallest absolute Gasteiger partial charge is 0.264 e. The predicted molar refractivity (Wildman–Crippen MR) is 112 cm³/mol. The molecule has 2 heterocycles. The molecule has 0 bridgehead atoms. The molecular formula is C21H19ClN2O3S. The molecule has 0 atom stereocenters. The van der Waals surface area contributed by atoms with E-state index >= 15 is 0 Å². The zero-order chi connectivity index (χ0) is 19.7. The van der Waals surface area contributed by atoms with Gasteiger partial charge in [-0.25, -0.2) is 0 Å². The number of thioether (sulfide) groups is 1. The fraction of sp³-hybridized carbons (Fsp3) is 0.238. The van der Waals surface area contributed by atoms with Gasteiger partial charge in [0, 0.05) is 35.6 Å². The SMILES string of the molecule is CN1C(=O)C(=Cc2ccccc2Cl)Sc2ccc(C(=O)N3CCOCC3)cc21. The Morgan fingerprint density at radius 1 is 1.18 bits per heavy atom. The Bertz CT molecular complexity index is 970. The van der Waals surface area contributed by atoms with Crippen LogP contribution in [0.1, 0.15) is 15.9 Å². The van der Waals surface area contributed by atoms with Gasteiger partial charge in [0.05, 0.1) is 23.8 Å². The number of benzene rings is 2. The Hall–Kier alpha value is -2.28. The van der Waals surface area contributed by atoms with E-state index in [1.54, 1.807) is 29.0 Å². The molecule has 144 valence electrons. The Labute approximate surface area is 172 Å². The van der Waals surface area contributed by atoms with Crippen LogP contribution in [0.4, 0.5) is 5.69 Å². The predicted octanol–water partition coefficient (Wildman–Crippen LogP) is 3.92. The minimum absolute atomic E-state index is 0.0330. The fourth-order valence-electron chi connectivity index (χ4n) is 3.21. The number of nitrogens with zero attached hydrogens (tertiary/aromatic N) is 2. The molecule has 0 unspecified atom stereocenters. The minimum Gasteiger partial charge on any atom is -0.378 e. The van der Waals surface area contributed by atoms with Crippen LogP contribution in [0.25, 0.3) is 6.08 Å². The molecule has 4 rings (SSSR count). The lowest BCUT2D eigenvalue weighted by atomic mass is 10.1. The lowest BCUT2D eigenvalue weighted by molar-refractivity contribution is -0.114. The van der Waals surface area contributed by atoms with Crippen molar-refractivity contribution in [2.24, 2.45) is 0 Å². The minimum atomic E-state index is -0.117. The molecule has 2 amide bonds. The molecule has 1 fully saturated rings. The van der Waals surface area contributed by atoms with Crippen molar-refractivity contribution in [3.63, 3.8) is 0 Å². The van der Waals surface area contributed by atoms with Crippen molar-refractivity contribution in [2.45, 2.75) is 4.90 Å². The van der Waals surface area contributed by atoms with Crippen LogP contribution < -0.4 is 4.90 Å². The molecular weight excluding hydrogens is 396 g/mol. The summed E-state index contributed by atoms with van der Waals surface area (Å²) in [6.45, 7) is 2.29. The number of likely N-dealkylation sites (N-methyl/N-ethyl adjacent to an activating group) is 1. The third kappa shape index (κ3) is 3.68. The lowest BCUT2D eigenvalue weighted by Crippen LogP contribution is -2.40. The number of fused-ring (bicyclic) bond motifs is 1. The number of carbonyl (C=O) groups is 2. The summed E-state index contributed by atoms with van der Waals surface area (Å²) >= 11 is 7.62. The molecule has 2 aliphatic rings. The number of halogens is 1. The summed E-state index contributed by atoms with van der Waals surface area (Å²) in [6.07, 6.45) is 1.81. The van der Waals surface area contributed by atoms with Gasteiger partial charge in [-0.05, 0) is 35.9 Å². The Morgan fingerprint density at radius 3 is 2.68 bits per heavy atom. The van der Waals surface area contributed by atoms with Crippen LogP contribution in [0.3, 0.4) is 0 Å². The maximum atomic E-state index is 12.9. The number of amides is 2. The molecule has 2 aromatic carbocycles. The second-order valence-corrected chi connectivity index (χ2v) is 8.07. The highest BCUT2D eigenvalue weighted by Gasteiger charge is 2.28. The molecule has 28 heavy (non-hydrogen) atoms. The fourth-order valence-corrected chi connectivity index (χ4v) is 4.48. The van der Waals surface area contributed by atoms with Crippen LogP contribution in [0, 0.1) is 0 Å². The molecule has 2 aliphatic heterocycles. The first-order valence-electron chi connectivity index (χ1n) is 8.98. The largest absolute Gasteiger partial charge is 0.378 e. The normalized spacial score (nSPS) is 18.4. The number of carbonyl (C=O) groups excluding carboxylic acids is 2. The van der Waals surface area contributed by atoms with Crippen LogP contribution >= 0.6 is 23.4 Å². The Kier molecular flexibility index (Phi) is 5.44. The van der Waals surface area contributed by atoms with Crippen LogP contribution in [0.2, 0.25) is 5.02 Å². The van der Waals surface area contributed by atoms with Crippen molar-refractivity contribution in [1.82, 2.24) is 4.90 Å². The van der Waals surface area contributed by atoms with E-state index in [-0.39, 0.29) is 11.8 Å². The molecule has 0 aromatic heterocycles. The van der Waals surface area contributed by atoms with Gasteiger partial charge in [0.2, 0.25) is 0 Å². The molecule has 0 radical (unpaired) electrons. The maximum Gasteiger partial charge on any atom is 0.264 e. The topological polar surface area (TPSA) is 49.9 Å². The van der Waals surface area contributed by atoms with Gasteiger partial charge in [-0.3, -0.25) is 9.59 Å². The zero-order valence-electron chi connectivity index (χ0n) is 15.4. The third-order valence-electron chi connectivity index (χ3n) is 4.79. The van der Waals surface area contributed by atoms with Gasteiger partial charge in [0.25, 0.3) is 11.8 Å². The van der Waals surface area contributed by atoms with E-state index in [0.29, 0.717) is 41.8 Å². The van der Waals surface area contributed by atoms with E-state index in [0.717, 1.165) is 16.1 Å². The van der Waals surface area contributed by atoms with E-state index in [1.807, 2.05) is 36.4 Å². The number of hydrogen-bond donors (Lipinski definition) is 0. The molecule has 2 aromatic rings. The summed E-state index contributed by atoms with van der Waals surface area (Å²) < 4.78 is 5.31. The molecule has 0 saturated carbocycles. The molecule has 0 aliphatic carbocycles. The van der Waals surface area contributed by atoms with Gasteiger partial charge in [-0.2, -0.15) is 0 Å². The van der Waals surface area contributed by atoms with Crippen molar-refractivity contribution in [3.05, 3.63) is 63.5 Å². The molecule has 5 nitrogen and oxygen atoms in total. The average molecular weight is 415 g/mol. The van der Waals surface area contributed by atoms with Gasteiger partial charge in [0.15, 0.2) is 0 Å². The van der Waals surface area contributed by atoms with E-state index in [4.69, 9.17) is 16.3 Å². The number of anilines is 1. The van der Waals surface area contributed by atoms with Crippen LogP contribution in [-0.4, -0.2) is 50.1 Å². The van der Waals surface area contributed by atoms with Gasteiger partial charge < -0.3 is 14.5 Å². The molecule has 7 heteroatoms. The lowest BCUT2D eigenvalue weighted by Gasteiger charge is -2.29. The van der Waals surface area contributed by atoms with E-state index < -0.39 is 0 Å². The molecule has 0 spiro atoms. The summed E-state index contributed by atoms with van der Waals surface area (Å²) in [7, 11) is 1.73. The second-order valence-electron chi connectivity index (χ2n) is 6.58. The Morgan fingerprint density at radius 2 is 1.93 bits per heavy atom. The first-order chi connectivity index (χ1) is 13.5. The monoisotopic (exact) mass is 414 g/mol. The van der Waals surface area contributed by atoms with Crippen molar-refractivity contribution < 1.29 is 14.3 Å². The summed E-state index contributed by atoms with van der Waals surface area (Å²) in [5.41, 5.74) is 2.13. The molecule has 1 saturated heterocycles. The first-order valence-corrected chi connectivity index (χ1v) is 10.2. The highest BCUT2D eigenvalue weighted by molar-refractivity contribution is 8.04. The van der Waals surface area contributed by atoms with Crippen LogP contribution in [-0.2, 0) is 9.53 Å². The highest BCUT2D eigenvalue weighted by Crippen LogP contribution is 2.42. The van der Waals surface area contributed by atoms with E-state index in [9.17, 15) is 9.59 Å². The zero-order valence-corrected chi connectivity index (χ0v) is 16.9. The number of morpholine rings is 1. The van der Waals surface area contributed by atoms with Gasteiger partial charge in [-0.1, -0.05) is 41.6 Å². The second kappa shape index (κ2) is 7.99. The summed E-state index contributed by atoms with van der Waals surface area (Å²) in [5.74, 6) is -0.150. The summed E-state index contributed by atoms with van der Waals surface area (Å²) in [6, 6.07) is 12.9. The van der Waals surface area contributed by atoms with Gasteiger partial charge in [-0.15, -0.1) is 0 Å². The van der Waals surface area contributed by atoms with E-state index in [2.05, 4.69) is 0 Å². The van der Waals surface area contributed by atoms with Gasteiger partial charge in [0.1, 0.15) is 0 Å². The first kappa shape index (κ1) is 19.1. The van der Waals surface area contributed by atoms with Crippen LogP contribution in [0.5, 0.6) is 0 Å². The average Bonchev–Trinajstić information content (AvgIpc) is 2.73. The summed E-state index contributed by atoms with van der Waals surface area (Å²) in [5, 5.41) is 0.600. The Balaban J connectivity index is 1.63. The van der Waals surface area contributed by atoms with Crippen molar-refractivity contribution in [2.75, 3.05) is 38.3 Å². The highest BCUT2D eigenvalue weighted by atomic mass is 35.5. The van der Waals surface area contributed by atoms with E-state index in [1.165, 1.54) is 11.8 Å². The third-order valence-corrected chi connectivity index (χ3v) is 6.21.